The van der Waals surface area contributed by atoms with E-state index in [1.165, 1.54) is 4.80 Å². The molecule has 1 aromatic heterocycles. The van der Waals surface area contributed by atoms with E-state index in [1.807, 2.05) is 62.4 Å². The van der Waals surface area contributed by atoms with Crippen molar-refractivity contribution in [2.24, 2.45) is 0 Å². The molecule has 6 nitrogen and oxygen atoms in total. The summed E-state index contributed by atoms with van der Waals surface area (Å²) in [6, 6.07) is 15.7. The highest BCUT2D eigenvalue weighted by molar-refractivity contribution is 9.10. The van der Waals surface area contributed by atoms with Crippen molar-refractivity contribution in [2.45, 2.75) is 32.9 Å². The Bertz CT molecular complexity index is 891. The summed E-state index contributed by atoms with van der Waals surface area (Å²) in [6.07, 6.45) is 0.798. The van der Waals surface area contributed by atoms with Crippen molar-refractivity contribution in [2.75, 3.05) is 0 Å². The van der Waals surface area contributed by atoms with Crippen molar-refractivity contribution in [3.05, 3.63) is 64.1 Å². The highest BCUT2D eigenvalue weighted by Gasteiger charge is 2.15. The summed E-state index contributed by atoms with van der Waals surface area (Å²) in [5.41, 5.74) is 3.05. The summed E-state index contributed by atoms with van der Waals surface area (Å²) in [4.78, 5) is 13.7. The first kappa shape index (κ1) is 18.3. The van der Waals surface area contributed by atoms with E-state index >= 15 is 0 Å². The molecule has 0 radical (unpaired) electrons. The molecule has 0 unspecified atom stereocenters. The Morgan fingerprint density at radius 2 is 1.92 bits per heavy atom. The van der Waals surface area contributed by atoms with Gasteiger partial charge >= 0.3 is 0 Å². The van der Waals surface area contributed by atoms with Gasteiger partial charge < -0.3 is 5.32 Å². The van der Waals surface area contributed by atoms with Gasteiger partial charge in [0.25, 0.3) is 0 Å². The summed E-state index contributed by atoms with van der Waals surface area (Å²) in [5, 5.41) is 15.4. The number of benzene rings is 2. The third kappa shape index (κ3) is 4.35. The zero-order valence-corrected chi connectivity index (χ0v) is 16.3. The third-order valence-corrected chi connectivity index (χ3v) is 4.67. The number of tetrazole rings is 1. The van der Waals surface area contributed by atoms with Gasteiger partial charge in [-0.3, -0.25) is 4.79 Å². The van der Waals surface area contributed by atoms with Crippen LogP contribution in [-0.2, 0) is 11.3 Å². The van der Waals surface area contributed by atoms with Crippen LogP contribution < -0.4 is 5.32 Å². The molecule has 0 aliphatic rings. The number of aromatic nitrogens is 4. The average molecular weight is 414 g/mol. The molecule has 1 heterocycles. The second kappa shape index (κ2) is 8.23. The molecule has 134 valence electrons. The number of nitrogens with zero attached hydrogens (tertiary/aromatic N) is 4. The average Bonchev–Trinajstić information content (AvgIpc) is 3.09. The normalized spacial score (nSPS) is 12.0. The molecule has 7 heteroatoms. The Morgan fingerprint density at radius 3 is 2.62 bits per heavy atom. The molecule has 1 N–H and O–H groups in total. The van der Waals surface area contributed by atoms with Crippen molar-refractivity contribution in [1.82, 2.24) is 25.5 Å². The number of carbonyl (C=O) groups is 1. The molecule has 2 aromatic carbocycles. The first-order chi connectivity index (χ1) is 12.6. The molecule has 3 rings (SSSR count). The zero-order chi connectivity index (χ0) is 18.5. The van der Waals surface area contributed by atoms with Crippen molar-refractivity contribution in [3.8, 4) is 11.4 Å². The van der Waals surface area contributed by atoms with Gasteiger partial charge in [0.15, 0.2) is 0 Å². The zero-order valence-electron chi connectivity index (χ0n) is 14.7. The Balaban J connectivity index is 1.66. The summed E-state index contributed by atoms with van der Waals surface area (Å²) in [6.45, 7) is 4.07. The van der Waals surface area contributed by atoms with Crippen molar-refractivity contribution >= 4 is 21.8 Å². The van der Waals surface area contributed by atoms with E-state index in [0.717, 1.165) is 27.6 Å². The Morgan fingerprint density at radius 1 is 1.19 bits per heavy atom. The highest BCUT2D eigenvalue weighted by atomic mass is 79.9. The van der Waals surface area contributed by atoms with Crippen LogP contribution in [0, 0.1) is 6.92 Å². The minimum absolute atomic E-state index is 0.0336. The number of nitrogens with one attached hydrogen (secondary N) is 1. The lowest BCUT2D eigenvalue weighted by atomic mass is 10.0. The predicted molar refractivity (Wildman–Crippen MR) is 103 cm³/mol. The number of carbonyl (C=O) groups excluding carboxylic acids is 1. The Labute approximate surface area is 160 Å². The number of aryl methyl sites for hydroxylation is 1. The smallest absolute Gasteiger partial charge is 0.244 e. The Hall–Kier alpha value is -2.54. The van der Waals surface area contributed by atoms with Crippen LogP contribution in [0.2, 0.25) is 0 Å². The van der Waals surface area contributed by atoms with Gasteiger partial charge in [0.05, 0.1) is 6.04 Å². The fraction of sp³-hybridized carbons (Fsp3) is 0.263. The van der Waals surface area contributed by atoms with E-state index in [4.69, 9.17) is 0 Å². The molecule has 1 atom stereocenters. The maximum atomic E-state index is 12.4. The van der Waals surface area contributed by atoms with E-state index in [-0.39, 0.29) is 18.5 Å². The topological polar surface area (TPSA) is 72.7 Å². The quantitative estimate of drug-likeness (QED) is 0.668. The van der Waals surface area contributed by atoms with E-state index in [2.05, 4.69) is 36.7 Å². The molecule has 0 saturated carbocycles. The first-order valence-corrected chi connectivity index (χ1v) is 9.24. The SMILES string of the molecule is CC[C@H](NC(=O)Cn1nnc(-c2ccccc2C)n1)c1ccc(Br)cc1. The minimum atomic E-state index is -0.145. The van der Waals surface area contributed by atoms with Crippen LogP contribution in [0.4, 0.5) is 0 Å². The summed E-state index contributed by atoms with van der Waals surface area (Å²) < 4.78 is 1.01. The van der Waals surface area contributed by atoms with Gasteiger partial charge in [0.2, 0.25) is 11.7 Å². The molecule has 0 spiro atoms. The van der Waals surface area contributed by atoms with Gasteiger partial charge in [-0.2, -0.15) is 4.80 Å². The van der Waals surface area contributed by atoms with Gasteiger partial charge in [-0.1, -0.05) is 59.3 Å². The van der Waals surface area contributed by atoms with Crippen molar-refractivity contribution in [1.29, 1.82) is 0 Å². The van der Waals surface area contributed by atoms with Crippen LogP contribution >= 0.6 is 15.9 Å². The van der Waals surface area contributed by atoms with Crippen molar-refractivity contribution in [3.63, 3.8) is 0 Å². The van der Waals surface area contributed by atoms with Crippen molar-refractivity contribution < 1.29 is 4.79 Å². The number of amides is 1. The van der Waals surface area contributed by atoms with E-state index < -0.39 is 0 Å². The summed E-state index contributed by atoms with van der Waals surface area (Å²) in [5.74, 6) is 0.379. The van der Waals surface area contributed by atoms with E-state index in [9.17, 15) is 4.79 Å². The molecule has 0 bridgehead atoms. The van der Waals surface area contributed by atoms with Gasteiger partial charge in [0.1, 0.15) is 6.54 Å². The highest BCUT2D eigenvalue weighted by Crippen LogP contribution is 2.20. The number of hydrogen-bond acceptors (Lipinski definition) is 4. The first-order valence-electron chi connectivity index (χ1n) is 8.45. The molecule has 3 aromatic rings. The van der Waals surface area contributed by atoms with Crippen LogP contribution in [0.25, 0.3) is 11.4 Å². The molecule has 1 amide bonds. The van der Waals surface area contributed by atoms with Gasteiger partial charge in [0, 0.05) is 10.0 Å². The lowest BCUT2D eigenvalue weighted by Gasteiger charge is -2.17. The van der Waals surface area contributed by atoms with Crippen LogP contribution in [0.5, 0.6) is 0 Å². The predicted octanol–water partition coefficient (Wildman–Crippen LogP) is 3.68. The monoisotopic (exact) mass is 413 g/mol. The van der Waals surface area contributed by atoms with Crippen LogP contribution in [0.3, 0.4) is 0 Å². The molecule has 26 heavy (non-hydrogen) atoms. The standard InChI is InChI=1S/C19H20BrN5O/c1-3-17(14-8-10-15(20)11-9-14)21-18(26)12-25-23-19(22-24-25)16-7-5-4-6-13(16)2/h4-11,17H,3,12H2,1-2H3,(H,21,26)/t17-/m0/s1. The van der Waals surface area contributed by atoms with Crippen LogP contribution in [0.15, 0.2) is 53.0 Å². The molecule has 0 aliphatic carbocycles. The van der Waals surface area contributed by atoms with Gasteiger partial charge in [-0.25, -0.2) is 0 Å². The second-order valence-corrected chi connectivity index (χ2v) is 6.95. The van der Waals surface area contributed by atoms with Crippen LogP contribution in [-0.4, -0.2) is 26.1 Å². The summed E-state index contributed by atoms with van der Waals surface area (Å²) in [7, 11) is 0. The maximum Gasteiger partial charge on any atom is 0.244 e. The number of rotatable bonds is 6. The molecule has 0 aliphatic heterocycles. The number of halogens is 1. The largest absolute Gasteiger partial charge is 0.348 e. The van der Waals surface area contributed by atoms with E-state index in [1.54, 1.807) is 0 Å². The lowest BCUT2D eigenvalue weighted by molar-refractivity contribution is -0.122. The lowest BCUT2D eigenvalue weighted by Crippen LogP contribution is -2.32. The fourth-order valence-corrected chi connectivity index (χ4v) is 2.99. The van der Waals surface area contributed by atoms with Gasteiger partial charge in [-0.15, -0.1) is 10.2 Å². The van der Waals surface area contributed by atoms with Crippen LogP contribution in [0.1, 0.15) is 30.5 Å². The minimum Gasteiger partial charge on any atom is -0.348 e. The fourth-order valence-electron chi connectivity index (χ4n) is 2.73. The van der Waals surface area contributed by atoms with E-state index in [0.29, 0.717) is 5.82 Å². The molecular weight excluding hydrogens is 394 g/mol. The number of hydrogen-bond donors (Lipinski definition) is 1. The maximum absolute atomic E-state index is 12.4. The third-order valence-electron chi connectivity index (χ3n) is 4.14. The Kier molecular flexibility index (Phi) is 5.78. The second-order valence-electron chi connectivity index (χ2n) is 6.04. The summed E-state index contributed by atoms with van der Waals surface area (Å²) >= 11 is 3.42. The van der Waals surface area contributed by atoms with Gasteiger partial charge in [-0.05, 0) is 41.8 Å². The molecule has 0 saturated heterocycles. The molecular formula is C19H20BrN5O. The molecule has 0 fully saturated rings.